The van der Waals surface area contributed by atoms with Crippen LogP contribution in [-0.4, -0.2) is 21.7 Å². The molecule has 0 saturated heterocycles. The molecule has 0 N–H and O–H groups in total. The van der Waals surface area contributed by atoms with Crippen LogP contribution in [0.2, 0.25) is 0 Å². The van der Waals surface area contributed by atoms with Gasteiger partial charge in [-0.15, -0.1) is 0 Å². The lowest BCUT2D eigenvalue weighted by molar-refractivity contribution is -0.385. The molecule has 2 heterocycles. The Morgan fingerprint density at radius 1 is 0.935 bits per heavy atom. The van der Waals surface area contributed by atoms with E-state index >= 15 is 0 Å². The Labute approximate surface area is 180 Å². The molecular weight excluding hydrogens is 412 g/mol. The highest BCUT2D eigenvalue weighted by atomic mass is 32.1. The second-order valence-corrected chi connectivity index (χ2v) is 7.76. The second kappa shape index (κ2) is 7.58. The number of amidine groups is 1. The van der Waals surface area contributed by atoms with Crippen molar-refractivity contribution >= 4 is 50.2 Å². The highest BCUT2D eigenvalue weighted by Crippen LogP contribution is 2.34. The van der Waals surface area contributed by atoms with Gasteiger partial charge >= 0.3 is 0 Å². The summed E-state index contributed by atoms with van der Waals surface area (Å²) in [5.74, 6) is 0.0607. The molecule has 0 saturated carbocycles. The van der Waals surface area contributed by atoms with Crippen LogP contribution in [0.5, 0.6) is 0 Å². The van der Waals surface area contributed by atoms with Crippen LogP contribution in [0.4, 0.5) is 10.8 Å². The maximum absolute atomic E-state index is 13.4. The van der Waals surface area contributed by atoms with E-state index < -0.39 is 4.92 Å². The largest absolute Gasteiger partial charge is 0.284 e. The number of para-hydroxylation sites is 2. The fourth-order valence-corrected chi connectivity index (χ4v) is 4.32. The lowest BCUT2D eigenvalue weighted by Crippen LogP contribution is -2.32. The monoisotopic (exact) mass is 426 g/mol. The Kier molecular flexibility index (Phi) is 4.61. The van der Waals surface area contributed by atoms with Crippen LogP contribution in [0.3, 0.4) is 0 Å². The Morgan fingerprint density at radius 2 is 1.65 bits per heavy atom. The van der Waals surface area contributed by atoms with Gasteiger partial charge in [0, 0.05) is 11.6 Å². The summed E-state index contributed by atoms with van der Waals surface area (Å²) >= 11 is 1.39. The summed E-state index contributed by atoms with van der Waals surface area (Å²) in [6.07, 6.45) is 1.46. The van der Waals surface area contributed by atoms with Crippen molar-refractivity contribution in [1.29, 1.82) is 0 Å². The first kappa shape index (κ1) is 18.8. The normalized spacial score (nSPS) is 15.0. The number of aromatic nitrogens is 1. The van der Waals surface area contributed by atoms with Gasteiger partial charge in [-0.25, -0.2) is 14.9 Å². The molecule has 0 atom stereocenters. The van der Waals surface area contributed by atoms with Crippen LogP contribution in [0.1, 0.15) is 11.1 Å². The van der Waals surface area contributed by atoms with Crippen molar-refractivity contribution in [3.63, 3.8) is 0 Å². The van der Waals surface area contributed by atoms with Gasteiger partial charge in [0.25, 0.3) is 11.6 Å². The number of nitrogens with zero attached hydrogens (tertiary/aromatic N) is 4. The molecule has 1 aromatic heterocycles. The van der Waals surface area contributed by atoms with E-state index in [-0.39, 0.29) is 17.3 Å². The van der Waals surface area contributed by atoms with Gasteiger partial charge in [0.2, 0.25) is 0 Å². The summed E-state index contributed by atoms with van der Waals surface area (Å²) in [7, 11) is 0. The predicted molar refractivity (Wildman–Crippen MR) is 121 cm³/mol. The van der Waals surface area contributed by atoms with Crippen molar-refractivity contribution in [1.82, 2.24) is 4.98 Å². The predicted octanol–water partition coefficient (Wildman–Crippen LogP) is 5.04. The molecule has 0 aliphatic carbocycles. The average Bonchev–Trinajstić information content (AvgIpc) is 3.35. The van der Waals surface area contributed by atoms with Gasteiger partial charge in [0.15, 0.2) is 5.13 Å². The third-order valence-electron chi connectivity index (χ3n) is 4.79. The number of thiazole rings is 1. The van der Waals surface area contributed by atoms with Crippen molar-refractivity contribution in [2.45, 2.75) is 0 Å². The summed E-state index contributed by atoms with van der Waals surface area (Å²) < 4.78 is 0.953. The molecule has 0 unspecified atom stereocenters. The van der Waals surface area contributed by atoms with E-state index in [4.69, 9.17) is 0 Å². The molecule has 4 aromatic rings. The zero-order valence-electron chi connectivity index (χ0n) is 16.0. The first-order valence-corrected chi connectivity index (χ1v) is 10.2. The minimum atomic E-state index is -0.473. The molecule has 0 fully saturated rings. The number of aliphatic imine (C=N–C) groups is 1. The third-order valence-corrected chi connectivity index (χ3v) is 5.81. The van der Waals surface area contributed by atoms with Crippen LogP contribution in [0.25, 0.3) is 16.3 Å². The van der Waals surface area contributed by atoms with E-state index in [1.807, 2.05) is 54.6 Å². The van der Waals surface area contributed by atoms with Gasteiger partial charge in [0.05, 0.1) is 20.7 Å². The number of amides is 1. The maximum atomic E-state index is 13.4. The molecule has 0 radical (unpaired) electrons. The number of hydrogen-bond acceptors (Lipinski definition) is 6. The molecule has 7 nitrogen and oxygen atoms in total. The van der Waals surface area contributed by atoms with Gasteiger partial charge in [-0.2, -0.15) is 0 Å². The average molecular weight is 426 g/mol. The molecule has 1 aliphatic rings. The summed E-state index contributed by atoms with van der Waals surface area (Å²) in [5.41, 5.74) is 1.89. The number of nitro groups is 1. The Morgan fingerprint density at radius 3 is 2.42 bits per heavy atom. The SMILES string of the molecule is O=C1/C(=C/c2ccccc2[N+](=O)[O-])N=C(c2ccccc2)N1c1nc2ccccc2s1. The number of carbonyl (C=O) groups is 1. The molecule has 5 rings (SSSR count). The number of benzene rings is 3. The van der Waals surface area contributed by atoms with Crippen LogP contribution >= 0.6 is 11.3 Å². The number of fused-ring (bicyclic) bond motifs is 1. The molecule has 1 aliphatic heterocycles. The van der Waals surface area contributed by atoms with E-state index in [0.29, 0.717) is 16.5 Å². The van der Waals surface area contributed by atoms with Gasteiger partial charge < -0.3 is 0 Å². The van der Waals surface area contributed by atoms with Crippen LogP contribution in [-0.2, 0) is 4.79 Å². The lowest BCUT2D eigenvalue weighted by atomic mass is 10.1. The Balaban J connectivity index is 1.66. The highest BCUT2D eigenvalue weighted by Gasteiger charge is 2.35. The minimum absolute atomic E-state index is 0.0855. The summed E-state index contributed by atoms with van der Waals surface area (Å²) in [5, 5.41) is 11.9. The zero-order valence-corrected chi connectivity index (χ0v) is 16.8. The standard InChI is InChI=1S/C23H14N4O3S/c28-22-18(14-16-10-4-6-12-19(16)27(29)30)24-21(15-8-2-1-3-9-15)26(22)23-25-17-11-5-7-13-20(17)31-23/h1-14H/b18-14-. The maximum Gasteiger partial charge on any atom is 0.284 e. The molecule has 3 aromatic carbocycles. The smallest absolute Gasteiger partial charge is 0.266 e. The van der Waals surface area contributed by atoms with E-state index in [1.165, 1.54) is 28.4 Å². The fraction of sp³-hybridized carbons (Fsp3) is 0. The number of nitro benzene ring substituents is 1. The molecule has 1 amide bonds. The molecular formula is C23H14N4O3S. The molecule has 0 bridgehead atoms. The molecule has 150 valence electrons. The summed E-state index contributed by atoms with van der Waals surface area (Å²) in [4.78, 5) is 35.0. The lowest BCUT2D eigenvalue weighted by Gasteiger charge is -2.14. The molecule has 31 heavy (non-hydrogen) atoms. The first-order chi connectivity index (χ1) is 15.1. The van der Waals surface area contributed by atoms with E-state index in [1.54, 1.807) is 18.2 Å². The van der Waals surface area contributed by atoms with Gasteiger partial charge in [-0.3, -0.25) is 14.9 Å². The summed E-state index contributed by atoms with van der Waals surface area (Å²) in [6.45, 7) is 0. The van der Waals surface area contributed by atoms with Crippen molar-refractivity contribution in [3.05, 3.63) is 106 Å². The van der Waals surface area contributed by atoms with Crippen molar-refractivity contribution in [3.8, 4) is 0 Å². The number of anilines is 1. The number of carbonyl (C=O) groups excluding carboxylic acids is 1. The van der Waals surface area contributed by atoms with Gasteiger partial charge in [0.1, 0.15) is 11.5 Å². The van der Waals surface area contributed by atoms with Crippen molar-refractivity contribution < 1.29 is 9.72 Å². The van der Waals surface area contributed by atoms with E-state index in [0.717, 1.165) is 15.8 Å². The fourth-order valence-electron chi connectivity index (χ4n) is 3.35. The first-order valence-electron chi connectivity index (χ1n) is 9.41. The summed E-state index contributed by atoms with van der Waals surface area (Å²) in [6, 6.07) is 23.2. The van der Waals surface area contributed by atoms with Crippen LogP contribution in [0, 0.1) is 10.1 Å². The molecule has 8 heteroatoms. The van der Waals surface area contributed by atoms with Crippen LogP contribution in [0.15, 0.2) is 89.6 Å². The third kappa shape index (κ3) is 3.38. The van der Waals surface area contributed by atoms with Crippen molar-refractivity contribution in [2.24, 2.45) is 4.99 Å². The number of hydrogen-bond donors (Lipinski definition) is 0. The van der Waals surface area contributed by atoms with Crippen molar-refractivity contribution in [2.75, 3.05) is 4.90 Å². The number of rotatable bonds is 4. The van der Waals surface area contributed by atoms with Gasteiger partial charge in [-0.1, -0.05) is 65.9 Å². The Hall–Kier alpha value is -4.17. The molecule has 0 spiro atoms. The Bertz CT molecular complexity index is 1360. The topological polar surface area (TPSA) is 88.7 Å². The highest BCUT2D eigenvalue weighted by molar-refractivity contribution is 7.22. The van der Waals surface area contributed by atoms with E-state index in [9.17, 15) is 14.9 Å². The zero-order chi connectivity index (χ0) is 21.4. The van der Waals surface area contributed by atoms with E-state index in [2.05, 4.69) is 9.98 Å². The van der Waals surface area contributed by atoms with Gasteiger partial charge in [-0.05, 0) is 24.3 Å². The second-order valence-electron chi connectivity index (χ2n) is 6.75. The quantitative estimate of drug-likeness (QED) is 0.260. The van der Waals surface area contributed by atoms with Crippen LogP contribution < -0.4 is 4.90 Å². The minimum Gasteiger partial charge on any atom is -0.266 e.